The summed E-state index contributed by atoms with van der Waals surface area (Å²) < 4.78 is 0. The second kappa shape index (κ2) is 5.36. The first-order chi connectivity index (χ1) is 8.66. The van der Waals surface area contributed by atoms with Gasteiger partial charge < -0.3 is 0 Å². The van der Waals surface area contributed by atoms with Crippen LogP contribution in [0.4, 0.5) is 5.69 Å². The Hall–Kier alpha value is -2.29. The second-order valence-corrected chi connectivity index (χ2v) is 4.26. The Kier molecular flexibility index (Phi) is 3.63. The van der Waals surface area contributed by atoms with E-state index in [1.54, 1.807) is 12.1 Å². The summed E-state index contributed by atoms with van der Waals surface area (Å²) in [6.45, 7) is 4.04. The highest BCUT2D eigenvalue weighted by Gasteiger charge is 2.04. The fourth-order valence-electron chi connectivity index (χ4n) is 1.74. The van der Waals surface area contributed by atoms with Crippen LogP contribution in [0.2, 0.25) is 0 Å². The second-order valence-electron chi connectivity index (χ2n) is 4.26. The van der Waals surface area contributed by atoms with E-state index in [0.717, 1.165) is 11.3 Å². The molecule has 0 saturated heterocycles. The summed E-state index contributed by atoms with van der Waals surface area (Å²) in [7, 11) is 0. The molecule has 2 aromatic rings. The fraction of sp³-hybridized carbons (Fsp3) is 0.133. The van der Waals surface area contributed by atoms with Crippen LogP contribution in [-0.4, -0.2) is 5.91 Å². The van der Waals surface area contributed by atoms with Crippen molar-refractivity contribution >= 4 is 11.6 Å². The molecule has 0 aliphatic heterocycles. The predicted molar refractivity (Wildman–Crippen MR) is 73.4 cm³/mol. The van der Waals surface area contributed by atoms with Gasteiger partial charge in [-0.2, -0.15) is 0 Å². The van der Waals surface area contributed by atoms with Crippen molar-refractivity contribution in [3.63, 3.8) is 0 Å². The molecule has 0 bridgehead atoms. The minimum absolute atomic E-state index is 0.143. The number of hydrazine groups is 1. The summed E-state index contributed by atoms with van der Waals surface area (Å²) in [5.41, 5.74) is 9.47. The van der Waals surface area contributed by atoms with Gasteiger partial charge in [-0.1, -0.05) is 35.9 Å². The molecule has 0 fully saturated rings. The highest BCUT2D eigenvalue weighted by Crippen LogP contribution is 2.14. The van der Waals surface area contributed by atoms with Crippen molar-refractivity contribution < 1.29 is 4.79 Å². The summed E-state index contributed by atoms with van der Waals surface area (Å²) in [6.07, 6.45) is 0. The van der Waals surface area contributed by atoms with E-state index in [1.807, 2.05) is 44.2 Å². The molecule has 2 aromatic carbocycles. The lowest BCUT2D eigenvalue weighted by atomic mass is 10.1. The Morgan fingerprint density at radius 3 is 2.39 bits per heavy atom. The first kappa shape index (κ1) is 12.2. The van der Waals surface area contributed by atoms with E-state index in [4.69, 9.17) is 0 Å². The van der Waals surface area contributed by atoms with Crippen molar-refractivity contribution in [2.75, 3.05) is 5.43 Å². The molecule has 3 heteroatoms. The number of carbonyl (C=O) groups excluding carboxylic acids is 1. The van der Waals surface area contributed by atoms with Crippen molar-refractivity contribution in [2.45, 2.75) is 13.8 Å². The maximum Gasteiger partial charge on any atom is 0.269 e. The molecule has 0 spiro atoms. The zero-order valence-corrected chi connectivity index (χ0v) is 10.5. The van der Waals surface area contributed by atoms with Gasteiger partial charge in [0.1, 0.15) is 0 Å². The van der Waals surface area contributed by atoms with Gasteiger partial charge in [0, 0.05) is 5.56 Å². The normalized spacial score (nSPS) is 9.89. The van der Waals surface area contributed by atoms with Crippen LogP contribution in [0.25, 0.3) is 0 Å². The third-order valence-electron chi connectivity index (χ3n) is 2.73. The van der Waals surface area contributed by atoms with E-state index in [1.165, 1.54) is 5.56 Å². The Labute approximate surface area is 107 Å². The average Bonchev–Trinajstić information content (AvgIpc) is 2.38. The van der Waals surface area contributed by atoms with Gasteiger partial charge in [0.2, 0.25) is 0 Å². The first-order valence-electron chi connectivity index (χ1n) is 5.85. The highest BCUT2D eigenvalue weighted by atomic mass is 16.2. The summed E-state index contributed by atoms with van der Waals surface area (Å²) in [4.78, 5) is 11.8. The lowest BCUT2D eigenvalue weighted by Gasteiger charge is -2.11. The average molecular weight is 240 g/mol. The monoisotopic (exact) mass is 240 g/mol. The Balaban J connectivity index is 2.02. The van der Waals surface area contributed by atoms with E-state index < -0.39 is 0 Å². The minimum Gasteiger partial charge on any atom is -0.298 e. The van der Waals surface area contributed by atoms with Gasteiger partial charge in [0.15, 0.2) is 0 Å². The molecule has 0 unspecified atom stereocenters. The third kappa shape index (κ3) is 2.88. The molecular weight excluding hydrogens is 224 g/mol. The molecule has 0 radical (unpaired) electrons. The van der Waals surface area contributed by atoms with Crippen LogP contribution in [0.3, 0.4) is 0 Å². The van der Waals surface area contributed by atoms with Crippen LogP contribution in [0.5, 0.6) is 0 Å². The lowest BCUT2D eigenvalue weighted by Crippen LogP contribution is -2.29. The third-order valence-corrected chi connectivity index (χ3v) is 2.73. The maximum atomic E-state index is 11.8. The van der Waals surface area contributed by atoms with Crippen molar-refractivity contribution in [3.05, 3.63) is 65.2 Å². The van der Waals surface area contributed by atoms with Crippen LogP contribution in [0, 0.1) is 13.8 Å². The van der Waals surface area contributed by atoms with Crippen molar-refractivity contribution in [1.82, 2.24) is 5.43 Å². The lowest BCUT2D eigenvalue weighted by molar-refractivity contribution is 0.0962. The van der Waals surface area contributed by atoms with Crippen molar-refractivity contribution in [2.24, 2.45) is 0 Å². The molecule has 0 aliphatic rings. The van der Waals surface area contributed by atoms with Gasteiger partial charge in [-0.15, -0.1) is 0 Å². The molecule has 2 N–H and O–H groups in total. The number of carbonyl (C=O) groups is 1. The van der Waals surface area contributed by atoms with Crippen LogP contribution in [0.1, 0.15) is 21.5 Å². The van der Waals surface area contributed by atoms with E-state index >= 15 is 0 Å². The van der Waals surface area contributed by atoms with Crippen molar-refractivity contribution in [1.29, 1.82) is 0 Å². The predicted octanol–water partition coefficient (Wildman–Crippen LogP) is 3.06. The molecule has 0 aromatic heterocycles. The summed E-state index contributed by atoms with van der Waals surface area (Å²) in [5.74, 6) is -0.143. The molecule has 0 saturated carbocycles. The van der Waals surface area contributed by atoms with Gasteiger partial charge >= 0.3 is 0 Å². The molecule has 2 rings (SSSR count). The first-order valence-corrected chi connectivity index (χ1v) is 5.85. The molecule has 1 amide bonds. The standard InChI is InChI=1S/C15H16N2O/c1-11-8-9-14(12(2)10-11)16-17-15(18)13-6-4-3-5-7-13/h3-10,16H,1-2H3,(H,17,18). The van der Waals surface area contributed by atoms with E-state index in [0.29, 0.717) is 5.56 Å². The van der Waals surface area contributed by atoms with Gasteiger partial charge in [-0.05, 0) is 37.6 Å². The maximum absolute atomic E-state index is 11.8. The van der Waals surface area contributed by atoms with Crippen molar-refractivity contribution in [3.8, 4) is 0 Å². The Bertz CT molecular complexity index is 550. The van der Waals surface area contributed by atoms with E-state index in [-0.39, 0.29) is 5.91 Å². The molecule has 92 valence electrons. The molecule has 0 atom stereocenters. The number of nitrogens with one attached hydrogen (secondary N) is 2. The minimum atomic E-state index is -0.143. The van der Waals surface area contributed by atoms with Crippen LogP contribution < -0.4 is 10.9 Å². The number of rotatable bonds is 3. The number of amides is 1. The smallest absolute Gasteiger partial charge is 0.269 e. The van der Waals surface area contributed by atoms with Gasteiger partial charge in [-0.25, -0.2) is 0 Å². The highest BCUT2D eigenvalue weighted by molar-refractivity contribution is 5.94. The SMILES string of the molecule is Cc1ccc(NNC(=O)c2ccccc2)c(C)c1. The zero-order valence-electron chi connectivity index (χ0n) is 10.5. The fourth-order valence-corrected chi connectivity index (χ4v) is 1.74. The zero-order chi connectivity index (χ0) is 13.0. The van der Waals surface area contributed by atoms with Gasteiger partial charge in [0.05, 0.1) is 5.69 Å². The number of hydrogen-bond acceptors (Lipinski definition) is 2. The van der Waals surface area contributed by atoms with E-state index in [2.05, 4.69) is 16.9 Å². The number of benzene rings is 2. The topological polar surface area (TPSA) is 41.1 Å². The van der Waals surface area contributed by atoms with Gasteiger partial charge in [-0.3, -0.25) is 15.6 Å². The van der Waals surface area contributed by atoms with Crippen LogP contribution in [-0.2, 0) is 0 Å². The Morgan fingerprint density at radius 2 is 1.72 bits per heavy atom. The Morgan fingerprint density at radius 1 is 1.00 bits per heavy atom. The summed E-state index contributed by atoms with van der Waals surface area (Å²) >= 11 is 0. The summed E-state index contributed by atoms with van der Waals surface area (Å²) in [6, 6.07) is 15.1. The molecule has 0 heterocycles. The van der Waals surface area contributed by atoms with Gasteiger partial charge in [0.25, 0.3) is 5.91 Å². The number of hydrogen-bond donors (Lipinski definition) is 2. The quantitative estimate of drug-likeness (QED) is 0.809. The largest absolute Gasteiger partial charge is 0.298 e. The molecule has 0 aliphatic carbocycles. The number of aryl methyl sites for hydroxylation is 2. The van der Waals surface area contributed by atoms with Crippen LogP contribution in [0.15, 0.2) is 48.5 Å². The molecular formula is C15H16N2O. The molecule has 3 nitrogen and oxygen atoms in total. The summed E-state index contributed by atoms with van der Waals surface area (Å²) in [5, 5.41) is 0. The van der Waals surface area contributed by atoms with E-state index in [9.17, 15) is 4.79 Å². The van der Waals surface area contributed by atoms with Crippen LogP contribution >= 0.6 is 0 Å². The number of anilines is 1. The molecule has 18 heavy (non-hydrogen) atoms.